The standard InChI is InChI=1S/C28H24N2O4/c31-27(30-14-12-19(13-15-30)26-29-23-8-4-5-9-24(23)33-26)20-10-11-22-21(16-20)17-25(34-28(22)32)18-6-2-1-3-7-18/h1-11,16,19,25H,12-15,17H2. The number of para-hydroxylation sites is 2. The van der Waals surface area contributed by atoms with Crippen molar-refractivity contribution in [2.75, 3.05) is 13.1 Å². The second kappa shape index (κ2) is 8.45. The van der Waals surface area contributed by atoms with Crippen LogP contribution in [0.15, 0.2) is 77.2 Å². The van der Waals surface area contributed by atoms with Crippen LogP contribution in [-0.4, -0.2) is 34.8 Å². The molecule has 3 aromatic carbocycles. The fourth-order valence-electron chi connectivity index (χ4n) is 4.96. The lowest BCUT2D eigenvalue weighted by atomic mass is 9.92. The summed E-state index contributed by atoms with van der Waals surface area (Å²) in [5.41, 5.74) is 4.64. The monoisotopic (exact) mass is 452 g/mol. The smallest absolute Gasteiger partial charge is 0.339 e. The highest BCUT2D eigenvalue weighted by atomic mass is 16.5. The molecular formula is C28H24N2O4. The van der Waals surface area contributed by atoms with Crippen LogP contribution in [-0.2, 0) is 11.2 Å². The van der Waals surface area contributed by atoms with E-state index in [4.69, 9.17) is 9.15 Å². The lowest BCUT2D eigenvalue weighted by Crippen LogP contribution is -2.38. The van der Waals surface area contributed by atoms with Crippen LogP contribution >= 0.6 is 0 Å². The SMILES string of the molecule is O=C1OC(c2ccccc2)Cc2cc(C(=O)N3CCC(c4nc5ccccc5o4)CC3)ccc21. The molecule has 170 valence electrons. The van der Waals surface area contributed by atoms with Crippen molar-refractivity contribution < 1.29 is 18.7 Å². The maximum absolute atomic E-state index is 13.3. The maximum atomic E-state index is 13.3. The molecule has 0 spiro atoms. The largest absolute Gasteiger partial charge is 0.454 e. The molecule has 2 aliphatic rings. The molecule has 4 aromatic rings. The van der Waals surface area contributed by atoms with Gasteiger partial charge in [-0.3, -0.25) is 4.79 Å². The number of carbonyl (C=O) groups excluding carboxylic acids is 2. The first-order valence-corrected chi connectivity index (χ1v) is 11.7. The zero-order chi connectivity index (χ0) is 23.1. The third-order valence-electron chi connectivity index (χ3n) is 6.84. The van der Waals surface area contributed by atoms with Crippen molar-refractivity contribution in [3.63, 3.8) is 0 Å². The van der Waals surface area contributed by atoms with Crippen LogP contribution in [0.4, 0.5) is 0 Å². The van der Waals surface area contributed by atoms with Gasteiger partial charge in [0.05, 0.1) is 5.56 Å². The number of oxazole rings is 1. The van der Waals surface area contributed by atoms with E-state index in [1.807, 2.05) is 65.6 Å². The van der Waals surface area contributed by atoms with Gasteiger partial charge in [0.2, 0.25) is 0 Å². The van der Waals surface area contributed by atoms with Crippen LogP contribution in [0.5, 0.6) is 0 Å². The second-order valence-electron chi connectivity index (χ2n) is 8.97. The number of fused-ring (bicyclic) bond motifs is 2. The number of cyclic esters (lactones) is 1. The Morgan fingerprint density at radius 3 is 2.50 bits per heavy atom. The van der Waals surface area contributed by atoms with E-state index in [1.165, 1.54) is 0 Å². The number of ether oxygens (including phenoxy) is 1. The van der Waals surface area contributed by atoms with Gasteiger partial charge in [-0.05, 0) is 54.3 Å². The van der Waals surface area contributed by atoms with Gasteiger partial charge in [0, 0.05) is 31.0 Å². The Morgan fingerprint density at radius 2 is 1.71 bits per heavy atom. The summed E-state index contributed by atoms with van der Waals surface area (Å²) in [5.74, 6) is 0.621. The Kier molecular flexibility index (Phi) is 5.13. The number of esters is 1. The number of likely N-dealkylation sites (tertiary alicyclic amines) is 1. The molecule has 1 unspecified atom stereocenters. The van der Waals surface area contributed by atoms with Gasteiger partial charge in [0.25, 0.3) is 5.91 Å². The van der Waals surface area contributed by atoms with E-state index in [0.29, 0.717) is 30.6 Å². The Balaban J connectivity index is 1.16. The average Bonchev–Trinajstić information content (AvgIpc) is 3.33. The molecule has 6 nitrogen and oxygen atoms in total. The molecule has 6 heteroatoms. The first-order chi connectivity index (χ1) is 16.7. The van der Waals surface area contributed by atoms with Crippen molar-refractivity contribution in [1.82, 2.24) is 9.88 Å². The molecule has 1 atom stereocenters. The first kappa shape index (κ1) is 20.7. The molecule has 0 bridgehead atoms. The van der Waals surface area contributed by atoms with Crippen molar-refractivity contribution in [2.45, 2.75) is 31.3 Å². The molecule has 0 saturated carbocycles. The van der Waals surface area contributed by atoms with Gasteiger partial charge >= 0.3 is 5.97 Å². The normalized spacial score (nSPS) is 18.5. The molecule has 1 amide bonds. The van der Waals surface area contributed by atoms with Crippen molar-refractivity contribution >= 4 is 23.0 Å². The molecule has 0 aliphatic carbocycles. The van der Waals surface area contributed by atoms with Gasteiger partial charge < -0.3 is 14.1 Å². The van der Waals surface area contributed by atoms with Crippen molar-refractivity contribution in [3.8, 4) is 0 Å². The summed E-state index contributed by atoms with van der Waals surface area (Å²) in [6, 6.07) is 22.8. The van der Waals surface area contributed by atoms with Crippen LogP contribution in [0.1, 0.15) is 62.6 Å². The number of benzene rings is 3. The lowest BCUT2D eigenvalue weighted by molar-refractivity contribution is 0.0252. The Labute approximate surface area is 197 Å². The van der Waals surface area contributed by atoms with E-state index in [2.05, 4.69) is 4.98 Å². The molecule has 0 N–H and O–H groups in total. The molecule has 1 saturated heterocycles. The molecule has 6 rings (SSSR count). The highest BCUT2D eigenvalue weighted by Crippen LogP contribution is 2.33. The topological polar surface area (TPSA) is 72.6 Å². The third kappa shape index (κ3) is 3.75. The second-order valence-corrected chi connectivity index (χ2v) is 8.97. The molecule has 1 aromatic heterocycles. The van der Waals surface area contributed by atoms with E-state index in [-0.39, 0.29) is 23.9 Å². The van der Waals surface area contributed by atoms with Gasteiger partial charge in [-0.2, -0.15) is 0 Å². The van der Waals surface area contributed by atoms with E-state index < -0.39 is 0 Å². The van der Waals surface area contributed by atoms with Crippen LogP contribution in [0.2, 0.25) is 0 Å². The number of hydrogen-bond donors (Lipinski definition) is 0. The predicted molar refractivity (Wildman–Crippen MR) is 127 cm³/mol. The van der Waals surface area contributed by atoms with Gasteiger partial charge in [0.1, 0.15) is 11.6 Å². The minimum atomic E-state index is -0.340. The summed E-state index contributed by atoms with van der Waals surface area (Å²) < 4.78 is 11.6. The Bertz CT molecular complexity index is 1340. The lowest BCUT2D eigenvalue weighted by Gasteiger charge is -2.31. The fraction of sp³-hybridized carbons (Fsp3) is 0.250. The van der Waals surface area contributed by atoms with E-state index in [0.717, 1.165) is 41.0 Å². The zero-order valence-corrected chi connectivity index (χ0v) is 18.6. The molecule has 1 fully saturated rings. The molecule has 3 heterocycles. The Hall–Kier alpha value is -3.93. The van der Waals surface area contributed by atoms with Crippen molar-refractivity contribution in [3.05, 3.63) is 101 Å². The minimum Gasteiger partial charge on any atom is -0.454 e. The maximum Gasteiger partial charge on any atom is 0.339 e. The predicted octanol–water partition coefficient (Wildman–Crippen LogP) is 5.30. The number of nitrogens with zero attached hydrogens (tertiary/aromatic N) is 2. The van der Waals surface area contributed by atoms with E-state index in [9.17, 15) is 9.59 Å². The number of piperidine rings is 1. The number of carbonyl (C=O) groups is 2. The Morgan fingerprint density at radius 1 is 0.941 bits per heavy atom. The summed E-state index contributed by atoms with van der Waals surface area (Å²) in [6.45, 7) is 1.29. The van der Waals surface area contributed by atoms with Gasteiger partial charge in [-0.25, -0.2) is 9.78 Å². The molecule has 34 heavy (non-hydrogen) atoms. The summed E-state index contributed by atoms with van der Waals surface area (Å²) in [5, 5.41) is 0. The van der Waals surface area contributed by atoms with Crippen molar-refractivity contribution in [1.29, 1.82) is 0 Å². The van der Waals surface area contributed by atoms with E-state index >= 15 is 0 Å². The van der Waals surface area contributed by atoms with Gasteiger partial charge in [0.15, 0.2) is 11.5 Å². The van der Waals surface area contributed by atoms with Gasteiger partial charge in [-0.1, -0.05) is 42.5 Å². The van der Waals surface area contributed by atoms with Crippen LogP contribution in [0.25, 0.3) is 11.1 Å². The molecule has 0 radical (unpaired) electrons. The molecular weight excluding hydrogens is 428 g/mol. The number of rotatable bonds is 3. The number of hydrogen-bond acceptors (Lipinski definition) is 5. The summed E-state index contributed by atoms with van der Waals surface area (Å²) in [6.07, 6.45) is 1.85. The molecule has 2 aliphatic heterocycles. The average molecular weight is 453 g/mol. The van der Waals surface area contributed by atoms with Crippen LogP contribution in [0, 0.1) is 0 Å². The first-order valence-electron chi connectivity index (χ1n) is 11.7. The number of aromatic nitrogens is 1. The highest BCUT2D eigenvalue weighted by molar-refractivity contribution is 5.98. The number of amides is 1. The van der Waals surface area contributed by atoms with Crippen LogP contribution < -0.4 is 0 Å². The van der Waals surface area contributed by atoms with Crippen LogP contribution in [0.3, 0.4) is 0 Å². The van der Waals surface area contributed by atoms with Gasteiger partial charge in [-0.15, -0.1) is 0 Å². The van der Waals surface area contributed by atoms with E-state index in [1.54, 1.807) is 12.1 Å². The quantitative estimate of drug-likeness (QED) is 0.394. The third-order valence-corrected chi connectivity index (χ3v) is 6.84. The highest BCUT2D eigenvalue weighted by Gasteiger charge is 2.31. The fourth-order valence-corrected chi connectivity index (χ4v) is 4.96. The minimum absolute atomic E-state index is 0.00554. The van der Waals surface area contributed by atoms with Crippen molar-refractivity contribution in [2.24, 2.45) is 0 Å². The summed E-state index contributed by atoms with van der Waals surface area (Å²) in [4.78, 5) is 32.4. The summed E-state index contributed by atoms with van der Waals surface area (Å²) >= 11 is 0. The summed E-state index contributed by atoms with van der Waals surface area (Å²) in [7, 11) is 0. The zero-order valence-electron chi connectivity index (χ0n) is 18.6.